The number of aliphatic hydroxyl groups is 1. The lowest BCUT2D eigenvalue weighted by Crippen LogP contribution is -2.49. The van der Waals surface area contributed by atoms with E-state index < -0.39 is 11.2 Å². The number of thiophene rings is 1. The maximum absolute atomic E-state index is 10.2. The fourth-order valence-electron chi connectivity index (χ4n) is 2.54. The summed E-state index contributed by atoms with van der Waals surface area (Å²) in [5, 5.41) is 10.2. The van der Waals surface area contributed by atoms with Crippen molar-refractivity contribution in [2.75, 3.05) is 0 Å². The SMILES string of the molecule is CCCCC(CCCC)Cc1ccc([B]OC(C)(C)C(C)(C)O)s1. The standard InChI is InChI=1S/C20H36BO2S/c1-7-9-11-16(12-10-8-2)15-17-13-14-18(24-17)21-23-20(5,6)19(3,4)22/h13-14,16,22H,7-12,15H2,1-6H3. The van der Waals surface area contributed by atoms with Crippen LogP contribution in [0.15, 0.2) is 12.1 Å². The van der Waals surface area contributed by atoms with E-state index in [0.29, 0.717) is 0 Å². The van der Waals surface area contributed by atoms with Gasteiger partial charge in [-0.1, -0.05) is 58.4 Å². The Morgan fingerprint density at radius 1 is 1.08 bits per heavy atom. The van der Waals surface area contributed by atoms with Crippen molar-refractivity contribution in [2.24, 2.45) is 5.92 Å². The molecule has 0 aliphatic rings. The molecule has 0 saturated heterocycles. The lowest BCUT2D eigenvalue weighted by Gasteiger charge is -2.37. The average molecular weight is 351 g/mol. The van der Waals surface area contributed by atoms with Crippen molar-refractivity contribution in [2.45, 2.75) is 97.7 Å². The van der Waals surface area contributed by atoms with Gasteiger partial charge in [-0.25, -0.2) is 0 Å². The third-order valence-electron chi connectivity index (χ3n) is 5.05. The molecule has 0 aromatic carbocycles. The topological polar surface area (TPSA) is 29.5 Å². The van der Waals surface area contributed by atoms with Gasteiger partial charge >= 0.3 is 7.48 Å². The Bertz CT molecular complexity index is 454. The lowest BCUT2D eigenvalue weighted by atomic mass is 9.86. The maximum Gasteiger partial charge on any atom is 0.341 e. The van der Waals surface area contributed by atoms with Gasteiger partial charge in [0.25, 0.3) is 0 Å². The molecular weight excluding hydrogens is 315 g/mol. The molecule has 0 atom stereocenters. The van der Waals surface area contributed by atoms with Gasteiger partial charge in [-0.15, -0.1) is 0 Å². The van der Waals surface area contributed by atoms with Crippen LogP contribution in [0.3, 0.4) is 0 Å². The van der Waals surface area contributed by atoms with Crippen LogP contribution in [-0.2, 0) is 11.1 Å². The Morgan fingerprint density at radius 3 is 2.17 bits per heavy atom. The summed E-state index contributed by atoms with van der Waals surface area (Å²) in [6.45, 7) is 12.0. The van der Waals surface area contributed by atoms with Crippen LogP contribution in [0.5, 0.6) is 0 Å². The number of unbranched alkanes of at least 4 members (excludes halogenated alkanes) is 2. The highest BCUT2D eigenvalue weighted by molar-refractivity contribution is 7.21. The summed E-state index contributed by atoms with van der Waals surface area (Å²) in [6.07, 6.45) is 9.11. The lowest BCUT2D eigenvalue weighted by molar-refractivity contribution is -0.0892. The van der Waals surface area contributed by atoms with E-state index in [1.165, 1.54) is 49.8 Å². The van der Waals surface area contributed by atoms with Gasteiger partial charge in [0.2, 0.25) is 0 Å². The van der Waals surface area contributed by atoms with Gasteiger partial charge in [-0.05, 0) is 50.9 Å². The van der Waals surface area contributed by atoms with Crippen LogP contribution < -0.4 is 4.78 Å². The van der Waals surface area contributed by atoms with Crippen LogP contribution in [0.1, 0.15) is 84.9 Å². The second kappa shape index (κ2) is 9.99. The minimum Gasteiger partial charge on any atom is -0.426 e. The molecule has 24 heavy (non-hydrogen) atoms. The fraction of sp³-hybridized carbons (Fsp3) is 0.800. The Kier molecular flexibility index (Phi) is 9.04. The molecule has 4 heteroatoms. The molecule has 1 N–H and O–H groups in total. The van der Waals surface area contributed by atoms with Gasteiger partial charge in [-0.2, -0.15) is 11.3 Å². The van der Waals surface area contributed by atoms with Crippen molar-refractivity contribution in [3.05, 3.63) is 17.0 Å². The minimum absolute atomic E-state index is 0.609. The maximum atomic E-state index is 10.2. The van der Waals surface area contributed by atoms with E-state index in [9.17, 15) is 5.11 Å². The second-order valence-corrected chi connectivity index (χ2v) is 9.16. The first-order valence-electron chi connectivity index (χ1n) is 9.51. The van der Waals surface area contributed by atoms with E-state index in [1.807, 2.05) is 25.2 Å². The molecule has 1 radical (unpaired) electrons. The van der Waals surface area contributed by atoms with E-state index >= 15 is 0 Å². The van der Waals surface area contributed by atoms with Gasteiger partial charge in [0.15, 0.2) is 0 Å². The van der Waals surface area contributed by atoms with Gasteiger partial charge in [0, 0.05) is 4.88 Å². The Hall–Kier alpha value is -0.315. The molecule has 0 unspecified atom stereocenters. The van der Waals surface area contributed by atoms with Crippen LogP contribution in [0.25, 0.3) is 0 Å². The second-order valence-electron chi connectivity index (χ2n) is 7.96. The predicted octanol–water partition coefficient (Wildman–Crippen LogP) is 5.10. The zero-order valence-electron chi connectivity index (χ0n) is 16.5. The first-order valence-corrected chi connectivity index (χ1v) is 10.3. The molecule has 0 amide bonds. The van der Waals surface area contributed by atoms with Crippen LogP contribution in [-0.4, -0.2) is 23.8 Å². The van der Waals surface area contributed by atoms with Crippen molar-refractivity contribution >= 4 is 23.6 Å². The van der Waals surface area contributed by atoms with Crippen molar-refractivity contribution in [1.29, 1.82) is 0 Å². The van der Waals surface area contributed by atoms with E-state index in [1.54, 1.807) is 21.3 Å². The fourth-order valence-corrected chi connectivity index (χ4v) is 3.53. The number of hydrogen-bond acceptors (Lipinski definition) is 3. The molecular formula is C20H36BO2S. The highest BCUT2D eigenvalue weighted by atomic mass is 32.1. The number of rotatable bonds is 12. The van der Waals surface area contributed by atoms with Gasteiger partial charge in [0.05, 0.1) is 11.2 Å². The smallest absolute Gasteiger partial charge is 0.341 e. The van der Waals surface area contributed by atoms with Crippen molar-refractivity contribution in [3.63, 3.8) is 0 Å². The molecule has 1 aromatic rings. The van der Waals surface area contributed by atoms with E-state index in [4.69, 9.17) is 4.65 Å². The monoisotopic (exact) mass is 351 g/mol. The summed E-state index contributed by atoms with van der Waals surface area (Å²) in [5.74, 6) is 0.810. The minimum atomic E-state index is -0.880. The van der Waals surface area contributed by atoms with Gasteiger partial charge in [0.1, 0.15) is 0 Å². The third kappa shape index (κ3) is 7.29. The molecule has 2 nitrogen and oxygen atoms in total. The van der Waals surface area contributed by atoms with Gasteiger partial charge < -0.3 is 9.76 Å². The van der Waals surface area contributed by atoms with Crippen LogP contribution >= 0.6 is 11.3 Å². The quantitative estimate of drug-likeness (QED) is 0.531. The number of hydrogen-bond donors (Lipinski definition) is 1. The molecule has 1 rings (SSSR count). The van der Waals surface area contributed by atoms with E-state index in [2.05, 4.69) is 26.0 Å². The van der Waals surface area contributed by atoms with Crippen molar-refractivity contribution in [1.82, 2.24) is 0 Å². The predicted molar refractivity (Wildman–Crippen MR) is 107 cm³/mol. The molecule has 1 aromatic heterocycles. The Balaban J connectivity index is 2.57. The van der Waals surface area contributed by atoms with Crippen molar-refractivity contribution < 1.29 is 9.76 Å². The van der Waals surface area contributed by atoms with E-state index in [0.717, 1.165) is 10.7 Å². The molecule has 0 aliphatic heterocycles. The third-order valence-corrected chi connectivity index (χ3v) is 6.08. The summed E-state index contributed by atoms with van der Waals surface area (Å²) in [7, 11) is 1.80. The summed E-state index contributed by atoms with van der Waals surface area (Å²) < 4.78 is 7.00. The van der Waals surface area contributed by atoms with Crippen LogP contribution in [0.4, 0.5) is 0 Å². The summed E-state index contributed by atoms with van der Waals surface area (Å²) in [6, 6.07) is 4.37. The van der Waals surface area contributed by atoms with Crippen LogP contribution in [0.2, 0.25) is 0 Å². The molecule has 0 spiro atoms. The molecule has 1 heterocycles. The first-order chi connectivity index (χ1) is 11.2. The summed E-state index contributed by atoms with van der Waals surface area (Å²) in [5.41, 5.74) is -1.49. The normalized spacial score (nSPS) is 12.8. The van der Waals surface area contributed by atoms with E-state index in [-0.39, 0.29) is 0 Å². The van der Waals surface area contributed by atoms with Gasteiger partial charge in [-0.3, -0.25) is 0 Å². The largest absolute Gasteiger partial charge is 0.426 e. The highest BCUT2D eigenvalue weighted by Gasteiger charge is 2.35. The molecule has 0 fully saturated rings. The van der Waals surface area contributed by atoms with Crippen molar-refractivity contribution in [3.8, 4) is 0 Å². The Morgan fingerprint density at radius 2 is 1.67 bits per heavy atom. The molecule has 0 aliphatic carbocycles. The molecule has 0 bridgehead atoms. The summed E-state index contributed by atoms with van der Waals surface area (Å²) in [4.78, 5) is 1.45. The zero-order valence-corrected chi connectivity index (χ0v) is 17.3. The average Bonchev–Trinajstić information content (AvgIpc) is 2.94. The summed E-state index contributed by atoms with van der Waals surface area (Å²) >= 11 is 1.82. The molecule has 0 saturated carbocycles. The highest BCUT2D eigenvalue weighted by Crippen LogP contribution is 2.25. The molecule has 137 valence electrons. The Labute approximate surface area is 154 Å². The zero-order chi connectivity index (χ0) is 18.2. The van der Waals surface area contributed by atoms with Crippen LogP contribution in [0, 0.1) is 5.92 Å². The first kappa shape index (κ1) is 21.7.